The molecule has 0 aromatic heterocycles. The van der Waals surface area contributed by atoms with E-state index in [0.29, 0.717) is 5.92 Å². The third kappa shape index (κ3) is 4.14. The highest BCUT2D eigenvalue weighted by Gasteiger charge is 2.24. The van der Waals surface area contributed by atoms with Crippen molar-refractivity contribution in [1.82, 2.24) is 0 Å². The Morgan fingerprint density at radius 1 is 1.15 bits per heavy atom. The number of unbranched alkanes of at least 4 members (excludes halogenated alkanes) is 2. The lowest BCUT2D eigenvalue weighted by molar-refractivity contribution is 0.549. The second kappa shape index (κ2) is 7.69. The largest absolute Gasteiger partial charge is 0.206 e. The van der Waals surface area contributed by atoms with Gasteiger partial charge in [-0.05, 0) is 52.4 Å². The molecule has 1 aliphatic heterocycles. The van der Waals surface area contributed by atoms with Crippen LogP contribution in [0.1, 0.15) is 50.5 Å². The molecule has 0 atom stereocenters. The lowest BCUT2D eigenvalue weighted by Gasteiger charge is -2.28. The van der Waals surface area contributed by atoms with Gasteiger partial charge in [-0.1, -0.05) is 44.3 Å². The molecule has 1 aromatic rings. The van der Waals surface area contributed by atoms with Crippen LogP contribution >= 0.6 is 15.9 Å². The average molecular weight is 361 g/mol. The van der Waals surface area contributed by atoms with Crippen molar-refractivity contribution in [2.75, 3.05) is 0 Å². The summed E-state index contributed by atoms with van der Waals surface area (Å²) < 4.78 is 27.2. The molecule has 0 aliphatic carbocycles. The Kier molecular flexibility index (Phi) is 6.21. The fourth-order valence-electron chi connectivity index (χ4n) is 3.28. The van der Waals surface area contributed by atoms with Crippen LogP contribution in [-0.4, -0.2) is 8.80 Å². The van der Waals surface area contributed by atoms with Crippen molar-refractivity contribution in [3.05, 3.63) is 33.8 Å². The topological polar surface area (TPSA) is 0 Å². The van der Waals surface area contributed by atoms with Crippen LogP contribution < -0.4 is 0 Å². The first kappa shape index (κ1) is 16.2. The van der Waals surface area contributed by atoms with Crippen LogP contribution in [0.5, 0.6) is 0 Å². The minimum absolute atomic E-state index is 0.0381. The molecule has 1 fully saturated rings. The molecule has 4 heteroatoms. The molecule has 2 rings (SSSR count). The van der Waals surface area contributed by atoms with E-state index < -0.39 is 20.4 Å². The van der Waals surface area contributed by atoms with E-state index in [1.165, 1.54) is 49.5 Å². The highest BCUT2D eigenvalue weighted by Crippen LogP contribution is 2.36. The van der Waals surface area contributed by atoms with Gasteiger partial charge in [0.15, 0.2) is 0 Å². The molecule has 1 aliphatic rings. The second-order valence-corrected chi connectivity index (χ2v) is 10.3. The lowest BCUT2D eigenvalue weighted by atomic mass is 9.93. The molecular weight excluding hydrogens is 338 g/mol. The lowest BCUT2D eigenvalue weighted by Crippen LogP contribution is -2.20. The summed E-state index contributed by atoms with van der Waals surface area (Å²) in [5, 5.41) is 0. The standard InChI is InChI=1S/C16H23BrF2Si/c1-2-3-4-7-20-8-5-12(6-9-20)13-10-14(18)16(17)15(19)11-13/h10-12,20H,2-9H2,1H3/t12-,20-. The first-order chi connectivity index (χ1) is 9.61. The molecule has 0 radical (unpaired) electrons. The van der Waals surface area contributed by atoms with Gasteiger partial charge in [-0.15, -0.1) is 0 Å². The van der Waals surface area contributed by atoms with E-state index in [-0.39, 0.29) is 4.47 Å². The normalized spacial score (nSPS) is 23.0. The molecule has 0 nitrogen and oxygen atoms in total. The Morgan fingerprint density at radius 3 is 2.30 bits per heavy atom. The van der Waals surface area contributed by atoms with Gasteiger partial charge in [0.2, 0.25) is 0 Å². The Balaban J connectivity index is 1.90. The number of halogens is 3. The number of rotatable bonds is 5. The van der Waals surface area contributed by atoms with Crippen LogP contribution in [0.2, 0.25) is 18.1 Å². The smallest absolute Gasteiger partial charge is 0.140 e. The summed E-state index contributed by atoms with van der Waals surface area (Å²) in [6, 6.07) is 7.17. The summed E-state index contributed by atoms with van der Waals surface area (Å²) in [5.41, 5.74) is 0.851. The Bertz CT molecular complexity index is 419. The first-order valence-corrected chi connectivity index (χ1v) is 11.0. The molecule has 0 spiro atoms. The second-order valence-electron chi connectivity index (χ2n) is 6.01. The predicted octanol–water partition coefficient (Wildman–Crippen LogP) is 6.02. The van der Waals surface area contributed by atoms with E-state index in [1.54, 1.807) is 0 Å². The van der Waals surface area contributed by atoms with E-state index in [4.69, 9.17) is 0 Å². The van der Waals surface area contributed by atoms with Gasteiger partial charge in [0.1, 0.15) is 11.6 Å². The highest BCUT2D eigenvalue weighted by molar-refractivity contribution is 9.10. The summed E-state index contributed by atoms with van der Waals surface area (Å²) >= 11 is 2.94. The Labute approximate surface area is 130 Å². The summed E-state index contributed by atoms with van der Waals surface area (Å²) in [7, 11) is -0.551. The zero-order chi connectivity index (χ0) is 14.5. The van der Waals surface area contributed by atoms with Crippen molar-refractivity contribution in [3.8, 4) is 0 Å². The van der Waals surface area contributed by atoms with Crippen LogP contribution in [0.3, 0.4) is 0 Å². The fraction of sp³-hybridized carbons (Fsp3) is 0.625. The monoisotopic (exact) mass is 360 g/mol. The Morgan fingerprint density at radius 2 is 1.75 bits per heavy atom. The molecule has 1 heterocycles. The highest BCUT2D eigenvalue weighted by atomic mass is 79.9. The minimum atomic E-state index is -0.551. The molecular formula is C16H23BrF2Si. The van der Waals surface area contributed by atoms with Crippen molar-refractivity contribution >= 4 is 24.7 Å². The molecule has 1 aromatic carbocycles. The maximum Gasteiger partial charge on any atom is 0.140 e. The minimum Gasteiger partial charge on any atom is -0.206 e. The molecule has 112 valence electrons. The summed E-state index contributed by atoms with van der Waals surface area (Å²) in [5.74, 6) is -0.577. The molecule has 1 saturated heterocycles. The molecule has 0 N–H and O–H groups in total. The van der Waals surface area contributed by atoms with E-state index in [1.807, 2.05) is 0 Å². The summed E-state index contributed by atoms with van der Waals surface area (Å²) in [6.07, 6.45) is 6.30. The van der Waals surface area contributed by atoms with E-state index in [0.717, 1.165) is 18.4 Å². The van der Waals surface area contributed by atoms with Gasteiger partial charge in [-0.3, -0.25) is 0 Å². The van der Waals surface area contributed by atoms with Crippen molar-refractivity contribution < 1.29 is 8.78 Å². The van der Waals surface area contributed by atoms with Gasteiger partial charge < -0.3 is 0 Å². The van der Waals surface area contributed by atoms with Crippen LogP contribution in [0.4, 0.5) is 8.78 Å². The third-order valence-electron chi connectivity index (χ3n) is 4.54. The van der Waals surface area contributed by atoms with Crippen LogP contribution in [-0.2, 0) is 0 Å². The van der Waals surface area contributed by atoms with Gasteiger partial charge in [-0.2, -0.15) is 0 Å². The molecule has 0 amide bonds. The number of hydrogen-bond acceptors (Lipinski definition) is 0. The van der Waals surface area contributed by atoms with Crippen molar-refractivity contribution in [3.63, 3.8) is 0 Å². The van der Waals surface area contributed by atoms with E-state index in [9.17, 15) is 8.78 Å². The van der Waals surface area contributed by atoms with Gasteiger partial charge in [0.25, 0.3) is 0 Å². The zero-order valence-electron chi connectivity index (χ0n) is 12.1. The van der Waals surface area contributed by atoms with Crippen molar-refractivity contribution in [2.24, 2.45) is 0 Å². The van der Waals surface area contributed by atoms with Crippen LogP contribution in [0.25, 0.3) is 0 Å². The predicted molar refractivity (Wildman–Crippen MR) is 87.1 cm³/mol. The van der Waals surface area contributed by atoms with E-state index in [2.05, 4.69) is 22.9 Å². The molecule has 0 unspecified atom stereocenters. The summed E-state index contributed by atoms with van der Waals surface area (Å²) in [6.45, 7) is 2.25. The third-order valence-corrected chi connectivity index (χ3v) is 8.82. The fourth-order valence-corrected chi connectivity index (χ4v) is 6.99. The SMILES string of the molecule is CCCCC[Si@H]1CC[C@H](c2cc(F)c(Br)c(F)c2)CC1. The number of benzene rings is 1. The zero-order valence-corrected chi connectivity index (χ0v) is 14.8. The van der Waals surface area contributed by atoms with Crippen LogP contribution in [0.15, 0.2) is 16.6 Å². The first-order valence-electron chi connectivity index (χ1n) is 7.76. The molecule has 0 bridgehead atoms. The number of hydrogen-bond donors (Lipinski definition) is 0. The van der Waals surface area contributed by atoms with Gasteiger partial charge in [-0.25, -0.2) is 8.78 Å². The molecule has 20 heavy (non-hydrogen) atoms. The van der Waals surface area contributed by atoms with Gasteiger partial charge >= 0.3 is 0 Å². The van der Waals surface area contributed by atoms with Crippen molar-refractivity contribution in [2.45, 2.75) is 63.1 Å². The quantitative estimate of drug-likeness (QED) is 0.342. The van der Waals surface area contributed by atoms with Gasteiger partial charge in [0.05, 0.1) is 4.47 Å². The Hall–Kier alpha value is -0.223. The van der Waals surface area contributed by atoms with Crippen molar-refractivity contribution in [1.29, 1.82) is 0 Å². The maximum atomic E-state index is 13.6. The molecule has 0 saturated carbocycles. The summed E-state index contributed by atoms with van der Waals surface area (Å²) in [4.78, 5) is 0. The average Bonchev–Trinajstić information content (AvgIpc) is 2.45. The maximum absolute atomic E-state index is 13.6. The van der Waals surface area contributed by atoms with E-state index >= 15 is 0 Å². The van der Waals surface area contributed by atoms with Crippen LogP contribution in [0, 0.1) is 11.6 Å². The van der Waals surface area contributed by atoms with Gasteiger partial charge in [0, 0.05) is 8.80 Å².